The first kappa shape index (κ1) is 18.3. The van der Waals surface area contributed by atoms with Gasteiger partial charge in [0.1, 0.15) is 11.8 Å². The van der Waals surface area contributed by atoms with Crippen LogP contribution in [0.4, 0.5) is 11.4 Å². The number of hydrogen-bond donors (Lipinski definition) is 2. The molecule has 0 unspecified atom stereocenters. The molecule has 0 radical (unpaired) electrons. The van der Waals surface area contributed by atoms with E-state index in [0.717, 1.165) is 12.8 Å². The Morgan fingerprint density at radius 1 is 1.28 bits per heavy atom. The molecule has 0 spiro atoms. The van der Waals surface area contributed by atoms with E-state index in [1.807, 2.05) is 0 Å². The third kappa shape index (κ3) is 5.50. The highest BCUT2D eigenvalue weighted by Crippen LogP contribution is 2.23. The second-order valence-electron chi connectivity index (χ2n) is 5.69. The smallest absolute Gasteiger partial charge is 0.257 e. The van der Waals surface area contributed by atoms with E-state index in [-0.39, 0.29) is 5.91 Å². The first-order valence-electron chi connectivity index (χ1n) is 8.33. The average Bonchev–Trinajstić information content (AvgIpc) is 2.62. The van der Waals surface area contributed by atoms with Crippen LogP contribution in [0.1, 0.15) is 48.5 Å². The van der Waals surface area contributed by atoms with Gasteiger partial charge in [-0.15, -0.1) is 0 Å². The Morgan fingerprint density at radius 3 is 2.84 bits per heavy atom. The quantitative estimate of drug-likeness (QED) is 0.714. The van der Waals surface area contributed by atoms with Crippen LogP contribution in [0.25, 0.3) is 0 Å². The van der Waals surface area contributed by atoms with E-state index in [0.29, 0.717) is 34.9 Å². The lowest BCUT2D eigenvalue weighted by molar-refractivity contribution is 0.102. The number of unbranched alkanes of at least 4 members (excludes halogenated alkanes) is 3. The number of aromatic nitrogens is 1. The number of nitrogens with zero attached hydrogens (tertiary/aromatic N) is 2. The lowest BCUT2D eigenvalue weighted by Gasteiger charge is -2.10. The molecule has 1 amide bonds. The molecule has 2 aromatic rings. The van der Waals surface area contributed by atoms with Gasteiger partial charge in [-0.1, -0.05) is 26.2 Å². The van der Waals surface area contributed by atoms with Crippen LogP contribution in [0, 0.1) is 11.3 Å². The van der Waals surface area contributed by atoms with Crippen molar-refractivity contribution in [1.29, 1.82) is 5.26 Å². The van der Waals surface area contributed by atoms with Gasteiger partial charge in [-0.3, -0.25) is 9.78 Å². The summed E-state index contributed by atoms with van der Waals surface area (Å²) in [4.78, 5) is 16.1. The van der Waals surface area contributed by atoms with E-state index in [2.05, 4.69) is 23.3 Å². The number of hydrogen-bond acceptors (Lipinski definition) is 5. The molecule has 130 valence electrons. The van der Waals surface area contributed by atoms with Crippen molar-refractivity contribution in [3.8, 4) is 11.8 Å². The summed E-state index contributed by atoms with van der Waals surface area (Å²) in [5.41, 5.74) is 7.30. The summed E-state index contributed by atoms with van der Waals surface area (Å²) in [5, 5.41) is 12.0. The maximum absolute atomic E-state index is 12.2. The molecule has 1 heterocycles. The Labute approximate surface area is 147 Å². The zero-order valence-corrected chi connectivity index (χ0v) is 14.3. The lowest BCUT2D eigenvalue weighted by atomic mass is 10.1. The molecule has 6 nitrogen and oxygen atoms in total. The number of nitrogens with two attached hydrogens (primary N) is 1. The number of nitrogens with one attached hydrogen (secondary N) is 1. The summed E-state index contributed by atoms with van der Waals surface area (Å²) in [6, 6.07) is 8.65. The summed E-state index contributed by atoms with van der Waals surface area (Å²) in [6.45, 7) is 2.73. The molecule has 0 atom stereocenters. The Bertz CT molecular complexity index is 768. The SMILES string of the molecule is CCCCCCOc1ccc(NC(=O)c2cncc(N)c2)cc1C#N. The maximum Gasteiger partial charge on any atom is 0.257 e. The van der Waals surface area contributed by atoms with Crippen LogP contribution in [0.15, 0.2) is 36.7 Å². The minimum Gasteiger partial charge on any atom is -0.492 e. The molecule has 0 aliphatic heterocycles. The van der Waals surface area contributed by atoms with E-state index in [1.165, 1.54) is 25.2 Å². The molecule has 3 N–H and O–H groups in total. The fraction of sp³-hybridized carbons (Fsp3) is 0.316. The first-order valence-corrected chi connectivity index (χ1v) is 8.33. The van der Waals surface area contributed by atoms with Gasteiger partial charge in [0.05, 0.1) is 23.4 Å². The predicted octanol–water partition coefficient (Wildman–Crippen LogP) is 3.75. The highest BCUT2D eigenvalue weighted by molar-refractivity contribution is 6.04. The van der Waals surface area contributed by atoms with Gasteiger partial charge in [0.15, 0.2) is 0 Å². The summed E-state index contributed by atoms with van der Waals surface area (Å²) in [5.74, 6) is 0.194. The van der Waals surface area contributed by atoms with Gasteiger partial charge in [-0.25, -0.2) is 0 Å². The molecule has 0 aliphatic rings. The number of benzene rings is 1. The number of carbonyl (C=O) groups is 1. The molecular formula is C19H22N4O2. The van der Waals surface area contributed by atoms with Gasteiger partial charge in [-0.2, -0.15) is 5.26 Å². The summed E-state index contributed by atoms with van der Waals surface area (Å²) < 4.78 is 5.67. The van der Waals surface area contributed by atoms with Crippen LogP contribution in [0.3, 0.4) is 0 Å². The van der Waals surface area contributed by atoms with Crippen molar-refractivity contribution in [2.24, 2.45) is 0 Å². The van der Waals surface area contributed by atoms with Gasteiger partial charge >= 0.3 is 0 Å². The maximum atomic E-state index is 12.2. The van der Waals surface area contributed by atoms with Gasteiger partial charge in [0, 0.05) is 18.1 Å². The molecule has 1 aromatic heterocycles. The van der Waals surface area contributed by atoms with Crippen molar-refractivity contribution in [1.82, 2.24) is 4.98 Å². The molecule has 0 bridgehead atoms. The number of pyridine rings is 1. The normalized spacial score (nSPS) is 10.1. The van der Waals surface area contributed by atoms with Gasteiger partial charge in [0.2, 0.25) is 0 Å². The minimum absolute atomic E-state index is 0.336. The fourth-order valence-corrected chi connectivity index (χ4v) is 2.32. The molecule has 0 aliphatic carbocycles. The van der Waals surface area contributed by atoms with Crippen molar-refractivity contribution in [3.63, 3.8) is 0 Å². The summed E-state index contributed by atoms with van der Waals surface area (Å²) in [6.07, 6.45) is 7.32. The highest BCUT2D eigenvalue weighted by Gasteiger charge is 2.10. The number of rotatable bonds is 8. The third-order valence-corrected chi connectivity index (χ3v) is 3.63. The first-order chi connectivity index (χ1) is 12.1. The fourth-order valence-electron chi connectivity index (χ4n) is 2.32. The zero-order chi connectivity index (χ0) is 18.1. The van der Waals surface area contributed by atoms with Crippen LogP contribution in [-0.4, -0.2) is 17.5 Å². The largest absolute Gasteiger partial charge is 0.492 e. The Morgan fingerprint density at radius 2 is 2.12 bits per heavy atom. The molecule has 2 rings (SSSR count). The predicted molar refractivity (Wildman–Crippen MR) is 97.4 cm³/mol. The van der Waals surface area contributed by atoms with E-state index in [4.69, 9.17) is 10.5 Å². The van der Waals surface area contributed by atoms with Gasteiger partial charge in [0.25, 0.3) is 5.91 Å². The topological polar surface area (TPSA) is 101 Å². The van der Waals surface area contributed by atoms with Crippen molar-refractivity contribution < 1.29 is 9.53 Å². The zero-order valence-electron chi connectivity index (χ0n) is 14.3. The second-order valence-corrected chi connectivity index (χ2v) is 5.69. The van der Waals surface area contributed by atoms with Crippen LogP contribution in [-0.2, 0) is 0 Å². The average molecular weight is 338 g/mol. The molecule has 0 saturated heterocycles. The van der Waals surface area contributed by atoms with Crippen molar-refractivity contribution in [3.05, 3.63) is 47.8 Å². The van der Waals surface area contributed by atoms with Crippen LogP contribution in [0.2, 0.25) is 0 Å². The highest BCUT2D eigenvalue weighted by atomic mass is 16.5. The van der Waals surface area contributed by atoms with E-state index in [9.17, 15) is 10.1 Å². The van der Waals surface area contributed by atoms with Crippen LogP contribution in [0.5, 0.6) is 5.75 Å². The van der Waals surface area contributed by atoms with E-state index in [1.54, 1.807) is 24.3 Å². The number of nitriles is 1. The van der Waals surface area contributed by atoms with Crippen LogP contribution < -0.4 is 15.8 Å². The van der Waals surface area contributed by atoms with E-state index < -0.39 is 0 Å². The third-order valence-electron chi connectivity index (χ3n) is 3.63. The summed E-state index contributed by atoms with van der Waals surface area (Å²) in [7, 11) is 0. The van der Waals surface area contributed by atoms with Crippen molar-refractivity contribution in [2.75, 3.05) is 17.7 Å². The Kier molecular flexibility index (Phi) is 6.78. The molecule has 6 heteroatoms. The number of carbonyl (C=O) groups excluding carboxylic acids is 1. The number of ether oxygens (including phenoxy) is 1. The molecular weight excluding hydrogens is 316 g/mol. The summed E-state index contributed by atoms with van der Waals surface area (Å²) >= 11 is 0. The van der Waals surface area contributed by atoms with Crippen molar-refractivity contribution in [2.45, 2.75) is 32.6 Å². The monoisotopic (exact) mass is 338 g/mol. The molecule has 1 aromatic carbocycles. The van der Waals surface area contributed by atoms with Gasteiger partial charge in [-0.05, 0) is 30.7 Å². The van der Waals surface area contributed by atoms with Crippen LogP contribution >= 0.6 is 0 Å². The number of amides is 1. The second kappa shape index (κ2) is 9.28. The Balaban J connectivity index is 2.00. The van der Waals surface area contributed by atoms with Crippen molar-refractivity contribution >= 4 is 17.3 Å². The van der Waals surface area contributed by atoms with E-state index >= 15 is 0 Å². The minimum atomic E-state index is -0.336. The Hall–Kier alpha value is -3.07. The van der Waals surface area contributed by atoms with Gasteiger partial charge < -0.3 is 15.8 Å². The number of anilines is 2. The molecule has 0 saturated carbocycles. The standard InChI is InChI=1S/C19H22N4O2/c1-2-3-4-5-8-25-18-7-6-17(10-14(18)11-20)23-19(24)15-9-16(21)13-22-12-15/h6-7,9-10,12-13H,2-5,8,21H2,1H3,(H,23,24). The lowest BCUT2D eigenvalue weighted by Crippen LogP contribution is -2.12. The number of nitrogen functional groups attached to an aromatic ring is 1. The molecule has 0 fully saturated rings. The molecule has 25 heavy (non-hydrogen) atoms.